The maximum absolute atomic E-state index is 11.6. The number of benzene rings is 1. The third-order valence-corrected chi connectivity index (χ3v) is 2.89. The fourth-order valence-corrected chi connectivity index (χ4v) is 1.49. The van der Waals surface area contributed by atoms with Gasteiger partial charge in [-0.15, -0.1) is 0 Å². The van der Waals surface area contributed by atoms with Crippen molar-refractivity contribution in [2.75, 3.05) is 6.54 Å². The first kappa shape index (κ1) is 15.2. The predicted molar refractivity (Wildman–Crippen MR) is 70.8 cm³/mol. The molecule has 5 heteroatoms. The van der Waals surface area contributed by atoms with Crippen LogP contribution in [0.2, 0.25) is 0 Å². The summed E-state index contributed by atoms with van der Waals surface area (Å²) in [5, 5.41) is 20.6. The second-order valence-corrected chi connectivity index (χ2v) is 4.70. The number of rotatable bonds is 6. The van der Waals surface area contributed by atoms with E-state index in [-0.39, 0.29) is 18.9 Å². The van der Waals surface area contributed by atoms with Gasteiger partial charge in [-0.3, -0.25) is 4.79 Å². The number of carbonyl (C=O) groups is 2. The van der Waals surface area contributed by atoms with Crippen molar-refractivity contribution in [1.82, 2.24) is 5.32 Å². The molecule has 0 saturated heterocycles. The van der Waals surface area contributed by atoms with Gasteiger partial charge in [-0.2, -0.15) is 0 Å². The largest absolute Gasteiger partial charge is 0.479 e. The molecule has 19 heavy (non-hydrogen) atoms. The summed E-state index contributed by atoms with van der Waals surface area (Å²) >= 11 is 0. The fourth-order valence-electron chi connectivity index (χ4n) is 1.49. The van der Waals surface area contributed by atoms with Crippen molar-refractivity contribution in [2.24, 2.45) is 0 Å². The van der Waals surface area contributed by atoms with Crippen LogP contribution in [0, 0.1) is 0 Å². The molecule has 3 N–H and O–H groups in total. The summed E-state index contributed by atoms with van der Waals surface area (Å²) in [7, 11) is 0. The minimum absolute atomic E-state index is 0.166. The second-order valence-electron chi connectivity index (χ2n) is 4.70. The summed E-state index contributed by atoms with van der Waals surface area (Å²) in [6.07, 6.45) is 1.10. The van der Waals surface area contributed by atoms with Crippen LogP contribution in [0.1, 0.15) is 25.0 Å². The Balaban J connectivity index is 2.49. The number of aliphatic carboxylic acids is 1. The first-order valence-electron chi connectivity index (χ1n) is 6.15. The highest BCUT2D eigenvalue weighted by Crippen LogP contribution is 2.06. The molecular formula is C14H19NO4. The van der Waals surface area contributed by atoms with Gasteiger partial charge in [0.1, 0.15) is 0 Å². The Bertz CT molecular complexity index is 451. The van der Waals surface area contributed by atoms with E-state index in [0.29, 0.717) is 0 Å². The van der Waals surface area contributed by atoms with Gasteiger partial charge in [-0.25, -0.2) is 4.79 Å². The van der Waals surface area contributed by atoms with Gasteiger partial charge in [-0.05, 0) is 24.5 Å². The molecule has 0 heterocycles. The van der Waals surface area contributed by atoms with Crippen LogP contribution in [0.4, 0.5) is 0 Å². The molecule has 0 aliphatic heterocycles. The average Bonchev–Trinajstić information content (AvgIpc) is 2.37. The molecule has 1 rings (SSSR count). The van der Waals surface area contributed by atoms with Gasteiger partial charge >= 0.3 is 5.97 Å². The van der Waals surface area contributed by atoms with Gasteiger partial charge in [0, 0.05) is 0 Å². The van der Waals surface area contributed by atoms with E-state index >= 15 is 0 Å². The molecule has 0 aliphatic rings. The minimum atomic E-state index is -1.94. The molecule has 0 saturated carbocycles. The van der Waals surface area contributed by atoms with Crippen molar-refractivity contribution in [1.29, 1.82) is 0 Å². The van der Waals surface area contributed by atoms with Crippen molar-refractivity contribution in [3.05, 3.63) is 35.4 Å². The first-order valence-corrected chi connectivity index (χ1v) is 6.15. The Hall–Kier alpha value is -1.88. The lowest BCUT2D eigenvalue weighted by atomic mass is 10.1. The number of aliphatic hydroxyl groups is 1. The third kappa shape index (κ3) is 4.71. The number of amides is 1. The Morgan fingerprint density at radius 1 is 1.21 bits per heavy atom. The second kappa shape index (κ2) is 6.33. The molecular weight excluding hydrogens is 246 g/mol. The molecule has 0 aliphatic carbocycles. The van der Waals surface area contributed by atoms with E-state index in [9.17, 15) is 14.7 Å². The van der Waals surface area contributed by atoms with Gasteiger partial charge in [0.25, 0.3) is 0 Å². The summed E-state index contributed by atoms with van der Waals surface area (Å²) in [5.41, 5.74) is 0.101. The highest BCUT2D eigenvalue weighted by Gasteiger charge is 2.30. The molecule has 0 radical (unpaired) electrons. The predicted octanol–water partition coefficient (Wildman–Crippen LogP) is 0.743. The smallest absolute Gasteiger partial charge is 0.337 e. The van der Waals surface area contributed by atoms with E-state index in [1.165, 1.54) is 5.56 Å². The van der Waals surface area contributed by atoms with Gasteiger partial charge in [-0.1, -0.05) is 31.2 Å². The maximum atomic E-state index is 11.6. The summed E-state index contributed by atoms with van der Waals surface area (Å²) in [6.45, 7) is 2.88. The lowest BCUT2D eigenvalue weighted by molar-refractivity contribution is -0.156. The molecule has 0 aromatic heterocycles. The summed E-state index contributed by atoms with van der Waals surface area (Å²) < 4.78 is 0. The van der Waals surface area contributed by atoms with Gasteiger partial charge in [0.05, 0.1) is 13.0 Å². The molecule has 1 atom stereocenters. The lowest BCUT2D eigenvalue weighted by Crippen LogP contribution is -2.46. The van der Waals surface area contributed by atoms with Gasteiger partial charge in [0.2, 0.25) is 5.91 Å². The Morgan fingerprint density at radius 2 is 1.74 bits per heavy atom. The lowest BCUT2D eigenvalue weighted by Gasteiger charge is -2.18. The molecule has 0 fully saturated rings. The summed E-state index contributed by atoms with van der Waals surface area (Å²) in [6, 6.07) is 7.65. The Labute approximate surface area is 112 Å². The third-order valence-electron chi connectivity index (χ3n) is 2.89. The zero-order valence-corrected chi connectivity index (χ0v) is 11.1. The van der Waals surface area contributed by atoms with Crippen LogP contribution < -0.4 is 5.32 Å². The van der Waals surface area contributed by atoms with Crippen molar-refractivity contribution < 1.29 is 19.8 Å². The van der Waals surface area contributed by atoms with Crippen molar-refractivity contribution in [3.63, 3.8) is 0 Å². The molecule has 1 unspecified atom stereocenters. The van der Waals surface area contributed by atoms with Crippen LogP contribution in [0.15, 0.2) is 24.3 Å². The number of carboxylic acids is 1. The summed E-state index contributed by atoms with van der Waals surface area (Å²) in [4.78, 5) is 22.3. The number of nitrogens with one attached hydrogen (secondary N) is 1. The van der Waals surface area contributed by atoms with Crippen LogP contribution in [-0.4, -0.2) is 34.2 Å². The van der Waals surface area contributed by atoms with E-state index in [1.54, 1.807) is 0 Å². The Kier molecular flexibility index (Phi) is 5.06. The van der Waals surface area contributed by atoms with E-state index in [2.05, 4.69) is 12.2 Å². The SMILES string of the molecule is CCc1ccc(CC(=O)NCC(C)(O)C(=O)O)cc1. The molecule has 1 amide bonds. The number of hydrogen-bond donors (Lipinski definition) is 3. The monoisotopic (exact) mass is 265 g/mol. The van der Waals surface area contributed by atoms with Gasteiger partial charge < -0.3 is 15.5 Å². The number of carbonyl (C=O) groups excluding carboxylic acids is 1. The highest BCUT2D eigenvalue weighted by atomic mass is 16.4. The molecule has 0 bridgehead atoms. The van der Waals surface area contributed by atoms with Crippen LogP contribution >= 0.6 is 0 Å². The molecule has 104 valence electrons. The van der Waals surface area contributed by atoms with Crippen LogP contribution in [-0.2, 0) is 22.4 Å². The fraction of sp³-hybridized carbons (Fsp3) is 0.429. The minimum Gasteiger partial charge on any atom is -0.479 e. The van der Waals surface area contributed by atoms with Crippen LogP contribution in [0.3, 0.4) is 0 Å². The average molecular weight is 265 g/mol. The van der Waals surface area contributed by atoms with E-state index in [0.717, 1.165) is 18.9 Å². The zero-order chi connectivity index (χ0) is 14.5. The number of carboxylic acid groups (broad SMARTS) is 1. The van der Waals surface area contributed by atoms with E-state index in [4.69, 9.17) is 5.11 Å². The van der Waals surface area contributed by atoms with Crippen molar-refractivity contribution >= 4 is 11.9 Å². The molecule has 1 aromatic rings. The molecule has 0 spiro atoms. The van der Waals surface area contributed by atoms with Crippen molar-refractivity contribution in [3.8, 4) is 0 Å². The molecule has 5 nitrogen and oxygen atoms in total. The maximum Gasteiger partial charge on any atom is 0.337 e. The van der Waals surface area contributed by atoms with E-state index in [1.807, 2.05) is 24.3 Å². The normalized spacial score (nSPS) is 13.6. The topological polar surface area (TPSA) is 86.6 Å². The number of aryl methyl sites for hydroxylation is 1. The highest BCUT2D eigenvalue weighted by molar-refractivity contribution is 5.81. The van der Waals surface area contributed by atoms with Crippen LogP contribution in [0.5, 0.6) is 0 Å². The number of hydrogen-bond acceptors (Lipinski definition) is 3. The van der Waals surface area contributed by atoms with Gasteiger partial charge in [0.15, 0.2) is 5.60 Å². The van der Waals surface area contributed by atoms with Crippen LogP contribution in [0.25, 0.3) is 0 Å². The first-order chi connectivity index (χ1) is 8.85. The van der Waals surface area contributed by atoms with Crippen molar-refractivity contribution in [2.45, 2.75) is 32.3 Å². The van der Waals surface area contributed by atoms with E-state index < -0.39 is 11.6 Å². The standard InChI is InChI=1S/C14H19NO4/c1-3-10-4-6-11(7-5-10)8-12(16)15-9-14(2,19)13(17)18/h4-7,19H,3,8-9H2,1-2H3,(H,15,16)(H,17,18). The zero-order valence-electron chi connectivity index (χ0n) is 11.1. The quantitative estimate of drug-likeness (QED) is 0.708. The summed E-state index contributed by atoms with van der Waals surface area (Å²) in [5.74, 6) is -1.68. The Morgan fingerprint density at radius 3 is 2.21 bits per heavy atom. The molecule has 1 aromatic carbocycles.